The Labute approximate surface area is 189 Å². The number of anilines is 1. The van der Waals surface area contributed by atoms with Gasteiger partial charge in [0.1, 0.15) is 5.82 Å². The standard InChI is InChI=1S/C20H30FN7.HI/c1-3-22-20(24-16-19-8-9-25-26(19)2)23-10-11-27-12-14-28(15-13-27)18-6-4-17(21)5-7-18;/h4-9H,3,10-16H2,1-2H3,(H2,22,23,24);1H. The normalized spacial score (nSPS) is 15.1. The highest BCUT2D eigenvalue weighted by molar-refractivity contribution is 14.0. The molecule has 1 aromatic carbocycles. The molecule has 0 atom stereocenters. The van der Waals surface area contributed by atoms with Gasteiger partial charge in [0.2, 0.25) is 0 Å². The molecule has 0 amide bonds. The van der Waals surface area contributed by atoms with Crippen molar-refractivity contribution < 1.29 is 4.39 Å². The summed E-state index contributed by atoms with van der Waals surface area (Å²) in [5.41, 5.74) is 2.17. The van der Waals surface area contributed by atoms with Gasteiger partial charge in [0, 0.05) is 64.7 Å². The van der Waals surface area contributed by atoms with Crippen molar-refractivity contribution in [2.24, 2.45) is 12.0 Å². The Morgan fingerprint density at radius 3 is 2.45 bits per heavy atom. The zero-order valence-electron chi connectivity index (χ0n) is 17.1. The smallest absolute Gasteiger partial charge is 0.191 e. The quantitative estimate of drug-likeness (QED) is 0.336. The number of aliphatic imine (C=N–C) groups is 1. The number of hydrogen-bond donors (Lipinski definition) is 2. The molecule has 0 radical (unpaired) electrons. The van der Waals surface area contributed by atoms with E-state index in [-0.39, 0.29) is 29.8 Å². The van der Waals surface area contributed by atoms with Crippen LogP contribution in [0.15, 0.2) is 41.5 Å². The molecule has 3 rings (SSSR count). The first-order valence-electron chi connectivity index (χ1n) is 9.87. The lowest BCUT2D eigenvalue weighted by Crippen LogP contribution is -2.49. The number of aryl methyl sites for hydroxylation is 1. The van der Waals surface area contributed by atoms with Gasteiger partial charge in [0.15, 0.2) is 5.96 Å². The molecule has 1 saturated heterocycles. The van der Waals surface area contributed by atoms with Gasteiger partial charge in [-0.05, 0) is 37.3 Å². The molecule has 1 fully saturated rings. The number of aromatic nitrogens is 2. The number of rotatable bonds is 7. The monoisotopic (exact) mass is 515 g/mol. The number of hydrogen-bond acceptors (Lipinski definition) is 4. The maximum atomic E-state index is 13.1. The number of nitrogens with one attached hydrogen (secondary N) is 2. The highest BCUT2D eigenvalue weighted by Gasteiger charge is 2.16. The second-order valence-electron chi connectivity index (χ2n) is 6.87. The van der Waals surface area contributed by atoms with Crippen molar-refractivity contribution in [3.63, 3.8) is 0 Å². The molecule has 0 spiro atoms. The molecule has 1 aromatic heterocycles. The molecule has 2 heterocycles. The zero-order chi connectivity index (χ0) is 19.8. The molecule has 1 aliphatic heterocycles. The first-order chi connectivity index (χ1) is 13.7. The first-order valence-corrected chi connectivity index (χ1v) is 9.87. The second-order valence-corrected chi connectivity index (χ2v) is 6.87. The minimum Gasteiger partial charge on any atom is -0.369 e. The summed E-state index contributed by atoms with van der Waals surface area (Å²) in [5.74, 6) is 0.642. The minimum atomic E-state index is -0.185. The summed E-state index contributed by atoms with van der Waals surface area (Å²) < 4.78 is 14.9. The summed E-state index contributed by atoms with van der Waals surface area (Å²) in [5, 5.41) is 10.9. The molecular weight excluding hydrogens is 484 g/mol. The molecule has 2 N–H and O–H groups in total. The Hall–Kier alpha value is -1.88. The lowest BCUT2D eigenvalue weighted by atomic mass is 10.2. The third kappa shape index (κ3) is 7.14. The van der Waals surface area contributed by atoms with E-state index in [1.165, 1.54) is 12.1 Å². The number of nitrogens with zero attached hydrogens (tertiary/aromatic N) is 5. The van der Waals surface area contributed by atoms with Crippen LogP contribution in [0.3, 0.4) is 0 Å². The van der Waals surface area contributed by atoms with E-state index in [9.17, 15) is 4.39 Å². The van der Waals surface area contributed by atoms with Gasteiger partial charge in [-0.1, -0.05) is 0 Å². The SMILES string of the molecule is CCNC(=NCc1ccnn1C)NCCN1CCN(c2ccc(F)cc2)CC1.I. The van der Waals surface area contributed by atoms with E-state index in [0.717, 1.165) is 63.2 Å². The molecule has 0 bridgehead atoms. The Morgan fingerprint density at radius 2 is 1.83 bits per heavy atom. The molecule has 0 unspecified atom stereocenters. The first kappa shape index (κ1) is 23.4. The highest BCUT2D eigenvalue weighted by atomic mass is 127. The molecule has 29 heavy (non-hydrogen) atoms. The van der Waals surface area contributed by atoms with Crippen molar-refractivity contribution in [3.8, 4) is 0 Å². The van der Waals surface area contributed by atoms with Gasteiger partial charge >= 0.3 is 0 Å². The van der Waals surface area contributed by atoms with Gasteiger partial charge in [-0.2, -0.15) is 5.10 Å². The lowest BCUT2D eigenvalue weighted by Gasteiger charge is -2.36. The topological polar surface area (TPSA) is 60.7 Å². The molecular formula is C20H31FIN7. The molecule has 160 valence electrons. The number of piperazine rings is 1. The molecule has 7 nitrogen and oxygen atoms in total. The van der Waals surface area contributed by atoms with Crippen LogP contribution in [0.5, 0.6) is 0 Å². The van der Waals surface area contributed by atoms with Crippen LogP contribution in [0.25, 0.3) is 0 Å². The fourth-order valence-corrected chi connectivity index (χ4v) is 3.27. The average molecular weight is 515 g/mol. The summed E-state index contributed by atoms with van der Waals surface area (Å²) in [7, 11) is 1.93. The van der Waals surface area contributed by atoms with Crippen molar-refractivity contribution in [2.75, 3.05) is 50.7 Å². The van der Waals surface area contributed by atoms with Crippen molar-refractivity contribution in [3.05, 3.63) is 48.0 Å². The number of halogens is 2. The van der Waals surface area contributed by atoms with Crippen LogP contribution >= 0.6 is 24.0 Å². The molecule has 0 aliphatic carbocycles. The second kappa shape index (κ2) is 12.0. The van der Waals surface area contributed by atoms with Crippen molar-refractivity contribution in [1.29, 1.82) is 0 Å². The third-order valence-corrected chi connectivity index (χ3v) is 4.95. The fraction of sp³-hybridized carbons (Fsp3) is 0.500. The molecule has 0 saturated carbocycles. The Morgan fingerprint density at radius 1 is 1.10 bits per heavy atom. The average Bonchev–Trinajstić information content (AvgIpc) is 3.12. The van der Waals surface area contributed by atoms with Crippen LogP contribution in [0.1, 0.15) is 12.6 Å². The summed E-state index contributed by atoms with van der Waals surface area (Å²) in [4.78, 5) is 9.38. The Kier molecular flexibility index (Phi) is 9.65. The van der Waals surface area contributed by atoms with Crippen LogP contribution in [-0.4, -0.2) is 66.5 Å². The van der Waals surface area contributed by atoms with Crippen molar-refractivity contribution in [2.45, 2.75) is 13.5 Å². The molecule has 2 aromatic rings. The van der Waals surface area contributed by atoms with Crippen LogP contribution in [0.4, 0.5) is 10.1 Å². The highest BCUT2D eigenvalue weighted by Crippen LogP contribution is 2.16. The summed E-state index contributed by atoms with van der Waals surface area (Å²) >= 11 is 0. The minimum absolute atomic E-state index is 0. The van der Waals surface area contributed by atoms with Gasteiger partial charge in [0.05, 0.1) is 12.2 Å². The predicted octanol–water partition coefficient (Wildman–Crippen LogP) is 2.05. The van der Waals surface area contributed by atoms with Gasteiger partial charge in [-0.25, -0.2) is 9.38 Å². The fourth-order valence-electron chi connectivity index (χ4n) is 3.27. The molecule has 9 heteroatoms. The zero-order valence-corrected chi connectivity index (χ0v) is 19.5. The Bertz CT molecular complexity index is 754. The summed E-state index contributed by atoms with van der Waals surface area (Å²) in [6.45, 7) is 9.22. The van der Waals surface area contributed by atoms with Crippen LogP contribution in [0, 0.1) is 5.82 Å². The molecule has 1 aliphatic rings. The van der Waals surface area contributed by atoms with Gasteiger partial charge in [-0.15, -0.1) is 24.0 Å². The van der Waals surface area contributed by atoms with Gasteiger partial charge < -0.3 is 15.5 Å². The van der Waals surface area contributed by atoms with E-state index in [4.69, 9.17) is 0 Å². The largest absolute Gasteiger partial charge is 0.369 e. The number of benzene rings is 1. The lowest BCUT2D eigenvalue weighted by molar-refractivity contribution is 0.261. The van der Waals surface area contributed by atoms with Gasteiger partial charge in [0.25, 0.3) is 0 Å². The van der Waals surface area contributed by atoms with E-state index in [2.05, 4.69) is 37.4 Å². The van der Waals surface area contributed by atoms with Gasteiger partial charge in [-0.3, -0.25) is 9.58 Å². The summed E-state index contributed by atoms with van der Waals surface area (Å²) in [6.07, 6.45) is 1.79. The van der Waals surface area contributed by atoms with Crippen LogP contribution < -0.4 is 15.5 Å². The maximum absolute atomic E-state index is 13.1. The Balaban J connectivity index is 0.00000300. The maximum Gasteiger partial charge on any atom is 0.191 e. The number of guanidine groups is 1. The predicted molar refractivity (Wildman–Crippen MR) is 126 cm³/mol. The van der Waals surface area contributed by atoms with E-state index < -0.39 is 0 Å². The van der Waals surface area contributed by atoms with E-state index >= 15 is 0 Å². The van der Waals surface area contributed by atoms with Crippen LogP contribution in [0.2, 0.25) is 0 Å². The van der Waals surface area contributed by atoms with Crippen LogP contribution in [-0.2, 0) is 13.6 Å². The van der Waals surface area contributed by atoms with Crippen molar-refractivity contribution in [1.82, 2.24) is 25.3 Å². The summed E-state index contributed by atoms with van der Waals surface area (Å²) in [6, 6.07) is 8.74. The van der Waals surface area contributed by atoms with E-state index in [1.54, 1.807) is 6.20 Å². The van der Waals surface area contributed by atoms with Crippen molar-refractivity contribution >= 4 is 35.6 Å². The van der Waals surface area contributed by atoms with E-state index in [0.29, 0.717) is 6.54 Å². The third-order valence-electron chi connectivity index (χ3n) is 4.95. The van der Waals surface area contributed by atoms with E-state index in [1.807, 2.05) is 29.9 Å².